The van der Waals surface area contributed by atoms with Crippen molar-refractivity contribution in [3.05, 3.63) is 65.5 Å². The zero-order chi connectivity index (χ0) is 24.5. The van der Waals surface area contributed by atoms with E-state index >= 15 is 0 Å². The molecule has 0 saturated carbocycles. The summed E-state index contributed by atoms with van der Waals surface area (Å²) >= 11 is 0. The molecule has 1 aliphatic rings. The van der Waals surface area contributed by atoms with E-state index in [1.54, 1.807) is 5.48 Å². The molecule has 2 atom stereocenters. The number of fused-ring (bicyclic) bond motifs is 1. The van der Waals surface area contributed by atoms with Crippen LogP contribution in [0.15, 0.2) is 48.5 Å². The minimum absolute atomic E-state index is 0.0634. The van der Waals surface area contributed by atoms with Crippen LogP contribution in [-0.4, -0.2) is 57.1 Å². The Labute approximate surface area is 199 Å². The fourth-order valence-corrected chi connectivity index (χ4v) is 4.77. The van der Waals surface area contributed by atoms with E-state index in [0.29, 0.717) is 25.2 Å². The number of carbonyl (C=O) groups excluding carboxylic acids is 2. The number of carbonyl (C=O) groups is 2. The first-order valence-electron chi connectivity index (χ1n) is 11.6. The molecule has 2 heterocycles. The van der Waals surface area contributed by atoms with E-state index in [0.717, 1.165) is 29.0 Å². The maximum atomic E-state index is 13.0. The number of aromatic nitrogens is 2. The predicted octanol–water partition coefficient (Wildman–Crippen LogP) is 2.97. The van der Waals surface area contributed by atoms with Crippen LogP contribution in [0.3, 0.4) is 0 Å². The van der Waals surface area contributed by atoms with Gasteiger partial charge >= 0.3 is 0 Å². The third-order valence-electron chi connectivity index (χ3n) is 6.26. The average Bonchev–Trinajstić information content (AvgIpc) is 3.32. The lowest BCUT2D eigenvalue weighted by molar-refractivity contribution is -0.133. The molecule has 3 aromatic rings. The Hall–Kier alpha value is -3.23. The van der Waals surface area contributed by atoms with Crippen molar-refractivity contribution < 1.29 is 14.8 Å². The molecule has 34 heavy (non-hydrogen) atoms. The van der Waals surface area contributed by atoms with Gasteiger partial charge in [-0.2, -0.15) is 0 Å². The van der Waals surface area contributed by atoms with Gasteiger partial charge in [0.05, 0.1) is 23.0 Å². The number of nitrogens with zero attached hydrogens (tertiary/aromatic N) is 3. The summed E-state index contributed by atoms with van der Waals surface area (Å²) < 4.78 is 2.16. The average molecular weight is 464 g/mol. The molecule has 1 saturated heterocycles. The third-order valence-corrected chi connectivity index (χ3v) is 6.26. The van der Waals surface area contributed by atoms with E-state index in [1.165, 1.54) is 0 Å². The molecule has 8 nitrogen and oxygen atoms in total. The van der Waals surface area contributed by atoms with E-state index in [-0.39, 0.29) is 17.4 Å². The van der Waals surface area contributed by atoms with Gasteiger partial charge in [0.1, 0.15) is 5.82 Å². The van der Waals surface area contributed by atoms with Crippen molar-refractivity contribution in [1.29, 1.82) is 0 Å². The first-order chi connectivity index (χ1) is 16.1. The molecule has 1 aromatic heterocycles. The summed E-state index contributed by atoms with van der Waals surface area (Å²) in [6, 6.07) is 15.2. The number of amides is 2. The Balaban J connectivity index is 1.44. The summed E-state index contributed by atoms with van der Waals surface area (Å²) in [6.45, 7) is 10.9. The van der Waals surface area contributed by atoms with Gasteiger partial charge in [-0.05, 0) is 42.2 Å². The molecular formula is C26H33N5O3. The number of hydroxylamine groups is 1. The second kappa shape index (κ2) is 9.56. The summed E-state index contributed by atoms with van der Waals surface area (Å²) in [7, 11) is 0. The van der Waals surface area contributed by atoms with Gasteiger partial charge in [-0.1, -0.05) is 45.0 Å². The van der Waals surface area contributed by atoms with E-state index in [4.69, 9.17) is 5.21 Å². The van der Waals surface area contributed by atoms with Gasteiger partial charge in [-0.15, -0.1) is 0 Å². The summed E-state index contributed by atoms with van der Waals surface area (Å²) in [4.78, 5) is 32.0. The third kappa shape index (κ3) is 5.29. The Morgan fingerprint density at radius 1 is 1.09 bits per heavy atom. The molecule has 2 aromatic carbocycles. The predicted molar refractivity (Wildman–Crippen MR) is 131 cm³/mol. The lowest BCUT2D eigenvalue weighted by atomic mass is 9.96. The normalized spacial score (nSPS) is 18.9. The van der Waals surface area contributed by atoms with Crippen LogP contribution >= 0.6 is 0 Å². The minimum atomic E-state index is -0.506. The van der Waals surface area contributed by atoms with E-state index < -0.39 is 11.8 Å². The highest BCUT2D eigenvalue weighted by molar-refractivity contribution is 5.95. The maximum absolute atomic E-state index is 13.0. The van der Waals surface area contributed by atoms with E-state index in [1.807, 2.05) is 49.4 Å². The molecule has 3 N–H and O–H groups in total. The number of hydrogen-bond acceptors (Lipinski definition) is 5. The van der Waals surface area contributed by atoms with Gasteiger partial charge in [0.2, 0.25) is 5.91 Å². The van der Waals surface area contributed by atoms with E-state index in [2.05, 4.69) is 46.6 Å². The highest BCUT2D eigenvalue weighted by atomic mass is 16.5. The van der Waals surface area contributed by atoms with Crippen LogP contribution < -0.4 is 10.8 Å². The summed E-state index contributed by atoms with van der Waals surface area (Å²) in [5, 5.41) is 12.2. The van der Waals surface area contributed by atoms with Crippen LogP contribution in [0.5, 0.6) is 0 Å². The van der Waals surface area contributed by atoms with Crippen molar-refractivity contribution in [1.82, 2.24) is 25.2 Å². The quantitative estimate of drug-likeness (QED) is 0.386. The first-order valence-corrected chi connectivity index (χ1v) is 11.6. The molecule has 0 radical (unpaired) electrons. The molecule has 0 aliphatic carbocycles. The van der Waals surface area contributed by atoms with Crippen LogP contribution in [-0.2, 0) is 11.3 Å². The van der Waals surface area contributed by atoms with Gasteiger partial charge in [0, 0.05) is 31.7 Å². The summed E-state index contributed by atoms with van der Waals surface area (Å²) in [5.74, 6) is -0.264. The van der Waals surface area contributed by atoms with Crippen LogP contribution in [0.1, 0.15) is 42.5 Å². The fraction of sp³-hybridized carbons (Fsp3) is 0.423. The monoisotopic (exact) mass is 463 g/mol. The van der Waals surface area contributed by atoms with Crippen molar-refractivity contribution in [3.8, 4) is 0 Å². The van der Waals surface area contributed by atoms with Crippen molar-refractivity contribution in [2.75, 3.05) is 19.6 Å². The highest BCUT2D eigenvalue weighted by Crippen LogP contribution is 2.24. The highest BCUT2D eigenvalue weighted by Gasteiger charge is 2.39. The van der Waals surface area contributed by atoms with Crippen LogP contribution in [0.2, 0.25) is 0 Å². The van der Waals surface area contributed by atoms with Crippen LogP contribution in [0, 0.1) is 18.3 Å². The number of nitrogens with one attached hydrogen (secondary N) is 2. The molecule has 2 amide bonds. The SMILES string of the molecule is Cc1nc2ccccc2n1Cc1ccc(C(=O)N[C@@H]2CN(CC(C)(C)C)C[C@@H]2C(=O)NO)cc1. The fourth-order valence-electron chi connectivity index (χ4n) is 4.77. The number of hydrogen-bond donors (Lipinski definition) is 3. The summed E-state index contributed by atoms with van der Waals surface area (Å²) in [5.41, 5.74) is 5.47. The molecule has 8 heteroatoms. The Bertz CT molecular complexity index is 1180. The van der Waals surface area contributed by atoms with Gasteiger partial charge in [-0.3, -0.25) is 19.7 Å². The second-order valence-corrected chi connectivity index (χ2v) is 10.3. The molecule has 0 unspecified atom stereocenters. The maximum Gasteiger partial charge on any atom is 0.251 e. The number of benzene rings is 2. The number of para-hydroxylation sites is 2. The Kier molecular flexibility index (Phi) is 6.72. The van der Waals surface area contributed by atoms with E-state index in [9.17, 15) is 9.59 Å². The van der Waals surface area contributed by atoms with Gasteiger partial charge in [0.25, 0.3) is 5.91 Å². The Morgan fingerprint density at radius 3 is 2.47 bits per heavy atom. The largest absolute Gasteiger partial charge is 0.347 e. The molecule has 180 valence electrons. The van der Waals surface area contributed by atoms with Crippen molar-refractivity contribution >= 4 is 22.8 Å². The standard InChI is InChI=1S/C26H33N5O3/c1-17-27-21-7-5-6-8-23(21)31(17)13-18-9-11-19(12-10-18)24(32)28-22-15-30(16-26(2,3)4)14-20(22)25(33)29-34/h5-12,20,22,34H,13-16H2,1-4H3,(H,28,32)(H,29,33)/t20-,22+/m0/s1. The van der Waals surface area contributed by atoms with Crippen LogP contribution in [0.25, 0.3) is 11.0 Å². The number of likely N-dealkylation sites (tertiary alicyclic amines) is 1. The number of aryl methyl sites for hydroxylation is 1. The molecule has 4 rings (SSSR count). The van der Waals surface area contributed by atoms with Gasteiger partial charge in [-0.25, -0.2) is 10.5 Å². The van der Waals surface area contributed by atoms with Crippen molar-refractivity contribution in [3.63, 3.8) is 0 Å². The molecular weight excluding hydrogens is 430 g/mol. The molecule has 1 fully saturated rings. The summed E-state index contributed by atoms with van der Waals surface area (Å²) in [6.07, 6.45) is 0. The van der Waals surface area contributed by atoms with Gasteiger partial charge in [0.15, 0.2) is 0 Å². The van der Waals surface area contributed by atoms with Crippen molar-refractivity contribution in [2.45, 2.75) is 40.3 Å². The Morgan fingerprint density at radius 2 is 1.79 bits per heavy atom. The zero-order valence-corrected chi connectivity index (χ0v) is 20.2. The topological polar surface area (TPSA) is 99.5 Å². The van der Waals surface area contributed by atoms with Crippen molar-refractivity contribution in [2.24, 2.45) is 11.3 Å². The molecule has 1 aliphatic heterocycles. The number of rotatable bonds is 6. The number of imidazole rings is 1. The van der Waals surface area contributed by atoms with Gasteiger partial charge < -0.3 is 9.88 Å². The smallest absolute Gasteiger partial charge is 0.251 e. The lowest BCUT2D eigenvalue weighted by Gasteiger charge is -2.26. The first kappa shape index (κ1) is 23.9. The molecule has 0 bridgehead atoms. The zero-order valence-electron chi connectivity index (χ0n) is 20.2. The second-order valence-electron chi connectivity index (χ2n) is 10.3. The van der Waals surface area contributed by atoms with Crippen LogP contribution in [0.4, 0.5) is 0 Å². The minimum Gasteiger partial charge on any atom is -0.347 e. The lowest BCUT2D eigenvalue weighted by Crippen LogP contribution is -2.45. The molecule has 0 spiro atoms.